The molecule has 3 aromatic carbocycles. The molecule has 2 aliphatic rings. The molecular weight excluding hydrogens is 490 g/mol. The van der Waals surface area contributed by atoms with Gasteiger partial charge in [-0.1, -0.05) is 29.8 Å². The molecule has 1 fully saturated rings. The van der Waals surface area contributed by atoms with Gasteiger partial charge in [0.1, 0.15) is 5.75 Å². The number of hydrogen-bond donors (Lipinski definition) is 1. The van der Waals surface area contributed by atoms with E-state index in [1.54, 1.807) is 30.0 Å². The van der Waals surface area contributed by atoms with Gasteiger partial charge in [0.2, 0.25) is 10.0 Å². The Labute approximate surface area is 216 Å². The molecule has 0 saturated carbocycles. The number of benzene rings is 3. The third kappa shape index (κ3) is 5.10. The summed E-state index contributed by atoms with van der Waals surface area (Å²) in [6, 6.07) is 19.1. The Morgan fingerprint density at radius 2 is 1.68 bits per heavy atom. The molecule has 5 rings (SSSR count). The molecule has 2 amide bonds. The van der Waals surface area contributed by atoms with Gasteiger partial charge in [-0.3, -0.25) is 9.59 Å². The summed E-state index contributed by atoms with van der Waals surface area (Å²) in [5.74, 6) is 0.0200. The Morgan fingerprint density at radius 1 is 1.00 bits per heavy atom. The van der Waals surface area contributed by atoms with Gasteiger partial charge < -0.3 is 15.0 Å². The molecule has 1 N–H and O–H groups in total. The van der Waals surface area contributed by atoms with E-state index in [-0.39, 0.29) is 16.7 Å². The average molecular weight is 520 g/mol. The normalized spacial score (nSPS) is 17.8. The van der Waals surface area contributed by atoms with Crippen molar-refractivity contribution in [2.45, 2.75) is 44.2 Å². The van der Waals surface area contributed by atoms with Crippen LogP contribution in [0.5, 0.6) is 5.75 Å². The van der Waals surface area contributed by atoms with Crippen LogP contribution < -0.4 is 15.0 Å². The average Bonchev–Trinajstić information content (AvgIpc) is 3.44. The number of amides is 2. The molecule has 8 nitrogen and oxygen atoms in total. The zero-order chi connectivity index (χ0) is 26.2. The number of rotatable bonds is 6. The van der Waals surface area contributed by atoms with Crippen LogP contribution in [-0.2, 0) is 21.4 Å². The van der Waals surface area contributed by atoms with E-state index in [0.717, 1.165) is 24.0 Å². The molecular formula is C28H29N3O5S. The number of anilines is 2. The first-order valence-corrected chi connectivity index (χ1v) is 13.8. The van der Waals surface area contributed by atoms with Crippen LogP contribution in [-0.4, -0.2) is 43.7 Å². The zero-order valence-corrected chi connectivity index (χ0v) is 21.6. The third-order valence-corrected chi connectivity index (χ3v) is 8.62. The molecule has 0 spiro atoms. The number of aryl methyl sites for hydroxylation is 1. The quantitative estimate of drug-likeness (QED) is 0.523. The zero-order valence-electron chi connectivity index (χ0n) is 20.8. The maximum Gasteiger partial charge on any atom is 0.268 e. The lowest BCUT2D eigenvalue weighted by Crippen LogP contribution is -2.44. The maximum atomic E-state index is 13.0. The summed E-state index contributed by atoms with van der Waals surface area (Å²) in [7, 11) is -3.54. The predicted octanol–water partition coefficient (Wildman–Crippen LogP) is 4.35. The Morgan fingerprint density at radius 3 is 2.35 bits per heavy atom. The van der Waals surface area contributed by atoms with Crippen molar-refractivity contribution in [3.63, 3.8) is 0 Å². The number of sulfonamides is 1. The molecule has 0 radical (unpaired) electrons. The van der Waals surface area contributed by atoms with Gasteiger partial charge in [0.15, 0.2) is 6.10 Å². The van der Waals surface area contributed by atoms with E-state index in [4.69, 9.17) is 4.74 Å². The summed E-state index contributed by atoms with van der Waals surface area (Å²) >= 11 is 0. The highest BCUT2D eigenvalue weighted by Gasteiger charge is 2.32. The minimum Gasteiger partial charge on any atom is -0.479 e. The largest absolute Gasteiger partial charge is 0.479 e. The van der Waals surface area contributed by atoms with Gasteiger partial charge in [0, 0.05) is 24.3 Å². The van der Waals surface area contributed by atoms with E-state index in [0.29, 0.717) is 42.3 Å². The second-order valence-corrected chi connectivity index (χ2v) is 11.4. The van der Waals surface area contributed by atoms with Crippen molar-refractivity contribution in [1.29, 1.82) is 0 Å². The highest BCUT2D eigenvalue weighted by Crippen LogP contribution is 2.37. The van der Waals surface area contributed by atoms with Crippen LogP contribution in [0.25, 0.3) is 0 Å². The lowest BCUT2D eigenvalue weighted by Gasteiger charge is -2.33. The Kier molecular flexibility index (Phi) is 6.74. The number of ether oxygens (including phenoxy) is 1. The van der Waals surface area contributed by atoms with Crippen molar-refractivity contribution in [3.8, 4) is 5.75 Å². The standard InChI is InChI=1S/C28H29N3O5S/c1-19-5-7-21(8-6-19)18-31-25-17-23(11-14-26(25)36-20(2)28(31)33)29-27(32)22-9-12-24(13-10-22)37(34,35)30-15-3-4-16-30/h5-14,17,20H,3-4,15-16,18H2,1-2H3,(H,29,32). The van der Waals surface area contributed by atoms with Gasteiger partial charge in [0.05, 0.1) is 17.1 Å². The topological polar surface area (TPSA) is 96.0 Å². The maximum absolute atomic E-state index is 13.0. The first kappa shape index (κ1) is 25.0. The smallest absolute Gasteiger partial charge is 0.268 e. The Bertz CT molecular complexity index is 1430. The van der Waals surface area contributed by atoms with Crippen molar-refractivity contribution in [3.05, 3.63) is 83.4 Å². The summed E-state index contributed by atoms with van der Waals surface area (Å²) in [5.41, 5.74) is 3.52. The molecule has 9 heteroatoms. The van der Waals surface area contributed by atoms with E-state index in [9.17, 15) is 18.0 Å². The van der Waals surface area contributed by atoms with Crippen LogP contribution in [0.3, 0.4) is 0 Å². The van der Waals surface area contributed by atoms with E-state index in [1.165, 1.54) is 28.6 Å². The molecule has 1 saturated heterocycles. The molecule has 192 valence electrons. The molecule has 2 heterocycles. The van der Waals surface area contributed by atoms with E-state index in [2.05, 4.69) is 5.32 Å². The van der Waals surface area contributed by atoms with Gasteiger partial charge in [-0.05, 0) is 74.7 Å². The first-order chi connectivity index (χ1) is 17.7. The van der Waals surface area contributed by atoms with Crippen LogP contribution in [0, 0.1) is 6.92 Å². The van der Waals surface area contributed by atoms with Crippen LogP contribution in [0.1, 0.15) is 41.3 Å². The lowest BCUT2D eigenvalue weighted by atomic mass is 10.1. The third-order valence-electron chi connectivity index (χ3n) is 6.71. The van der Waals surface area contributed by atoms with Gasteiger partial charge in [0.25, 0.3) is 11.8 Å². The first-order valence-electron chi connectivity index (χ1n) is 12.3. The van der Waals surface area contributed by atoms with Gasteiger partial charge >= 0.3 is 0 Å². The molecule has 1 unspecified atom stereocenters. The Hall–Kier alpha value is -3.69. The number of carbonyl (C=O) groups is 2. The number of nitrogens with zero attached hydrogens (tertiary/aromatic N) is 2. The second kappa shape index (κ2) is 9.99. The van der Waals surface area contributed by atoms with E-state index < -0.39 is 16.1 Å². The van der Waals surface area contributed by atoms with Crippen LogP contribution >= 0.6 is 0 Å². The summed E-state index contributed by atoms with van der Waals surface area (Å²) < 4.78 is 32.8. The van der Waals surface area contributed by atoms with Crippen molar-refractivity contribution in [1.82, 2.24) is 4.31 Å². The van der Waals surface area contributed by atoms with Crippen molar-refractivity contribution >= 4 is 33.2 Å². The fourth-order valence-electron chi connectivity index (χ4n) is 4.58. The van der Waals surface area contributed by atoms with Crippen molar-refractivity contribution in [2.24, 2.45) is 0 Å². The highest BCUT2D eigenvalue weighted by molar-refractivity contribution is 7.89. The van der Waals surface area contributed by atoms with Crippen LogP contribution in [0.15, 0.2) is 71.6 Å². The minimum atomic E-state index is -3.54. The predicted molar refractivity (Wildman–Crippen MR) is 141 cm³/mol. The van der Waals surface area contributed by atoms with Gasteiger partial charge in [-0.25, -0.2) is 8.42 Å². The van der Waals surface area contributed by atoms with Crippen molar-refractivity contribution < 1.29 is 22.7 Å². The molecule has 1 atom stereocenters. The molecule has 37 heavy (non-hydrogen) atoms. The molecule has 0 aliphatic carbocycles. The number of hydrogen-bond acceptors (Lipinski definition) is 5. The van der Waals surface area contributed by atoms with Gasteiger partial charge in [-0.15, -0.1) is 0 Å². The monoisotopic (exact) mass is 519 g/mol. The number of nitrogens with one attached hydrogen (secondary N) is 1. The molecule has 2 aliphatic heterocycles. The SMILES string of the molecule is Cc1ccc(CN2C(=O)C(C)Oc3ccc(NC(=O)c4ccc(S(=O)(=O)N5CCCC5)cc4)cc32)cc1. The van der Waals surface area contributed by atoms with Gasteiger partial charge in [-0.2, -0.15) is 4.31 Å². The molecule has 3 aromatic rings. The minimum absolute atomic E-state index is 0.161. The fourth-order valence-corrected chi connectivity index (χ4v) is 6.10. The van der Waals surface area contributed by atoms with Crippen LogP contribution in [0.4, 0.5) is 11.4 Å². The molecule has 0 aromatic heterocycles. The van der Waals surface area contributed by atoms with E-state index >= 15 is 0 Å². The lowest BCUT2D eigenvalue weighted by molar-refractivity contribution is -0.125. The summed E-state index contributed by atoms with van der Waals surface area (Å²) in [6.45, 7) is 5.15. The second-order valence-electron chi connectivity index (χ2n) is 9.44. The number of carbonyl (C=O) groups excluding carboxylic acids is 2. The van der Waals surface area contributed by atoms with Crippen LogP contribution in [0.2, 0.25) is 0 Å². The van der Waals surface area contributed by atoms with E-state index in [1.807, 2.05) is 31.2 Å². The number of fused-ring (bicyclic) bond motifs is 1. The Balaban J connectivity index is 1.35. The molecule has 0 bridgehead atoms. The van der Waals surface area contributed by atoms with Crippen molar-refractivity contribution in [2.75, 3.05) is 23.3 Å². The summed E-state index contributed by atoms with van der Waals surface area (Å²) in [4.78, 5) is 27.8. The highest BCUT2D eigenvalue weighted by atomic mass is 32.2. The summed E-state index contributed by atoms with van der Waals surface area (Å²) in [5, 5.41) is 2.85. The fraction of sp³-hybridized carbons (Fsp3) is 0.286. The summed E-state index contributed by atoms with van der Waals surface area (Å²) in [6.07, 6.45) is 1.10.